The summed E-state index contributed by atoms with van der Waals surface area (Å²) in [5.74, 6) is 1.07. The van der Waals surface area contributed by atoms with Crippen molar-refractivity contribution in [1.82, 2.24) is 9.80 Å². The Kier molecular flexibility index (Phi) is 5.15. The Bertz CT molecular complexity index is 839. The van der Waals surface area contributed by atoms with E-state index < -0.39 is 0 Å². The van der Waals surface area contributed by atoms with Crippen LogP contribution in [0.1, 0.15) is 43.0 Å². The first-order chi connectivity index (χ1) is 13.1. The van der Waals surface area contributed by atoms with Crippen LogP contribution in [0.3, 0.4) is 0 Å². The van der Waals surface area contributed by atoms with Gasteiger partial charge in [-0.25, -0.2) is 0 Å². The van der Waals surface area contributed by atoms with E-state index >= 15 is 0 Å². The van der Waals surface area contributed by atoms with Crippen molar-refractivity contribution < 1.29 is 9.59 Å². The molecule has 0 aromatic heterocycles. The van der Waals surface area contributed by atoms with Gasteiger partial charge in [0.25, 0.3) is 5.91 Å². The van der Waals surface area contributed by atoms with Crippen molar-refractivity contribution in [1.29, 1.82) is 0 Å². The summed E-state index contributed by atoms with van der Waals surface area (Å²) >= 11 is 0. The lowest BCUT2D eigenvalue weighted by molar-refractivity contribution is -0.138. The Labute approximate surface area is 161 Å². The van der Waals surface area contributed by atoms with Crippen molar-refractivity contribution in [2.45, 2.75) is 32.6 Å². The number of benzene rings is 2. The minimum Gasteiger partial charge on any atom is -0.342 e. The SMILES string of the molecule is CC1CCCN(C(=O)C2CCN(C(=O)c3ccc4ccccc4c3)CC2)C1. The van der Waals surface area contributed by atoms with E-state index in [1.807, 2.05) is 41.3 Å². The van der Waals surface area contributed by atoms with Crippen molar-refractivity contribution in [2.75, 3.05) is 26.2 Å². The van der Waals surface area contributed by atoms with Crippen LogP contribution < -0.4 is 0 Å². The first-order valence-corrected chi connectivity index (χ1v) is 10.2. The Hall–Kier alpha value is -2.36. The van der Waals surface area contributed by atoms with Crippen LogP contribution in [-0.2, 0) is 4.79 Å². The molecule has 2 aliphatic rings. The van der Waals surface area contributed by atoms with Gasteiger partial charge in [0.05, 0.1) is 0 Å². The third kappa shape index (κ3) is 3.85. The molecule has 27 heavy (non-hydrogen) atoms. The molecule has 2 aromatic carbocycles. The highest BCUT2D eigenvalue weighted by Crippen LogP contribution is 2.25. The lowest BCUT2D eigenvalue weighted by Gasteiger charge is -2.37. The molecule has 4 heteroatoms. The van der Waals surface area contributed by atoms with E-state index in [9.17, 15) is 9.59 Å². The predicted molar refractivity (Wildman–Crippen MR) is 108 cm³/mol. The van der Waals surface area contributed by atoms with E-state index in [1.54, 1.807) is 0 Å². The first kappa shape index (κ1) is 18.0. The second-order valence-corrected chi connectivity index (χ2v) is 8.16. The summed E-state index contributed by atoms with van der Waals surface area (Å²) in [6, 6.07) is 14.0. The molecule has 142 valence electrons. The lowest BCUT2D eigenvalue weighted by Crippen LogP contribution is -2.47. The van der Waals surface area contributed by atoms with Crippen LogP contribution in [0.25, 0.3) is 10.8 Å². The van der Waals surface area contributed by atoms with Gasteiger partial charge in [-0.05, 0) is 54.5 Å². The van der Waals surface area contributed by atoms with Crippen LogP contribution in [0.5, 0.6) is 0 Å². The number of piperidine rings is 2. The molecule has 4 nitrogen and oxygen atoms in total. The minimum atomic E-state index is 0.0796. The van der Waals surface area contributed by atoms with E-state index in [0.29, 0.717) is 24.9 Å². The average molecular weight is 364 g/mol. The predicted octanol–water partition coefficient (Wildman–Crippen LogP) is 3.95. The van der Waals surface area contributed by atoms with Gasteiger partial charge in [-0.3, -0.25) is 9.59 Å². The third-order valence-electron chi connectivity index (χ3n) is 6.10. The van der Waals surface area contributed by atoms with E-state index in [2.05, 4.69) is 17.9 Å². The Balaban J connectivity index is 1.38. The second kappa shape index (κ2) is 7.71. The number of rotatable bonds is 2. The van der Waals surface area contributed by atoms with Gasteiger partial charge >= 0.3 is 0 Å². The minimum absolute atomic E-state index is 0.0796. The van der Waals surface area contributed by atoms with E-state index in [1.165, 1.54) is 6.42 Å². The summed E-state index contributed by atoms with van der Waals surface area (Å²) in [7, 11) is 0. The number of hydrogen-bond donors (Lipinski definition) is 0. The van der Waals surface area contributed by atoms with Crippen molar-refractivity contribution in [3.63, 3.8) is 0 Å². The van der Waals surface area contributed by atoms with Crippen LogP contribution in [-0.4, -0.2) is 47.8 Å². The van der Waals surface area contributed by atoms with Gasteiger partial charge in [0, 0.05) is 37.7 Å². The lowest BCUT2D eigenvalue weighted by atomic mass is 9.92. The average Bonchev–Trinajstić information content (AvgIpc) is 2.72. The fourth-order valence-electron chi connectivity index (χ4n) is 4.48. The molecule has 1 unspecified atom stereocenters. The van der Waals surface area contributed by atoms with Gasteiger partial charge in [0.1, 0.15) is 0 Å². The fourth-order valence-corrected chi connectivity index (χ4v) is 4.48. The maximum absolute atomic E-state index is 12.9. The zero-order chi connectivity index (χ0) is 18.8. The maximum atomic E-state index is 12.9. The molecule has 0 radical (unpaired) electrons. The molecule has 4 rings (SSSR count). The van der Waals surface area contributed by atoms with Gasteiger partial charge < -0.3 is 9.80 Å². The third-order valence-corrected chi connectivity index (χ3v) is 6.10. The largest absolute Gasteiger partial charge is 0.342 e. The molecule has 0 spiro atoms. The summed E-state index contributed by atoms with van der Waals surface area (Å²) in [4.78, 5) is 29.7. The molecule has 2 amide bonds. The molecule has 0 saturated carbocycles. The van der Waals surface area contributed by atoms with Crippen molar-refractivity contribution >= 4 is 22.6 Å². The highest BCUT2D eigenvalue weighted by atomic mass is 16.2. The van der Waals surface area contributed by atoms with Crippen LogP contribution in [0.15, 0.2) is 42.5 Å². The number of likely N-dealkylation sites (tertiary alicyclic amines) is 2. The van der Waals surface area contributed by atoms with Gasteiger partial charge in [-0.15, -0.1) is 0 Å². The Morgan fingerprint density at radius 1 is 0.889 bits per heavy atom. The molecule has 2 aromatic rings. The smallest absolute Gasteiger partial charge is 0.253 e. The maximum Gasteiger partial charge on any atom is 0.253 e. The zero-order valence-corrected chi connectivity index (χ0v) is 16.1. The molecule has 0 bridgehead atoms. The second-order valence-electron chi connectivity index (χ2n) is 8.16. The molecule has 2 fully saturated rings. The number of carbonyl (C=O) groups is 2. The van der Waals surface area contributed by atoms with E-state index in [0.717, 1.165) is 48.7 Å². The molecule has 2 heterocycles. The zero-order valence-electron chi connectivity index (χ0n) is 16.1. The standard InChI is InChI=1S/C23H28N2O2/c1-17-5-4-12-25(16-17)22(26)19-10-13-24(14-11-19)23(27)21-9-8-18-6-2-3-7-20(18)15-21/h2-3,6-9,15,17,19H,4-5,10-14,16H2,1H3. The molecular formula is C23H28N2O2. The number of carbonyl (C=O) groups excluding carboxylic acids is 2. The van der Waals surface area contributed by atoms with Crippen molar-refractivity contribution in [2.24, 2.45) is 11.8 Å². The van der Waals surface area contributed by atoms with Crippen LogP contribution in [0.2, 0.25) is 0 Å². The number of fused-ring (bicyclic) bond motifs is 1. The van der Waals surface area contributed by atoms with E-state index in [-0.39, 0.29) is 11.8 Å². The van der Waals surface area contributed by atoms with Crippen molar-refractivity contribution in [3.8, 4) is 0 Å². The molecule has 2 aliphatic heterocycles. The Morgan fingerprint density at radius 3 is 2.37 bits per heavy atom. The monoisotopic (exact) mass is 364 g/mol. The number of nitrogens with zero attached hydrogens (tertiary/aromatic N) is 2. The normalized spacial score (nSPS) is 21.4. The van der Waals surface area contributed by atoms with Gasteiger partial charge in [0.2, 0.25) is 5.91 Å². The summed E-state index contributed by atoms with van der Waals surface area (Å²) in [6.45, 7) is 5.37. The quantitative estimate of drug-likeness (QED) is 0.809. The van der Waals surface area contributed by atoms with Gasteiger partial charge in [-0.2, -0.15) is 0 Å². The number of hydrogen-bond acceptors (Lipinski definition) is 2. The number of amides is 2. The summed E-state index contributed by atoms with van der Waals surface area (Å²) in [5.41, 5.74) is 0.739. The summed E-state index contributed by atoms with van der Waals surface area (Å²) in [5, 5.41) is 2.24. The molecule has 0 N–H and O–H groups in total. The van der Waals surface area contributed by atoms with Crippen molar-refractivity contribution in [3.05, 3.63) is 48.0 Å². The topological polar surface area (TPSA) is 40.6 Å². The Morgan fingerprint density at radius 2 is 1.63 bits per heavy atom. The van der Waals surface area contributed by atoms with E-state index in [4.69, 9.17) is 0 Å². The van der Waals surface area contributed by atoms with Crippen LogP contribution in [0, 0.1) is 11.8 Å². The highest BCUT2D eigenvalue weighted by Gasteiger charge is 2.32. The van der Waals surface area contributed by atoms with Crippen LogP contribution in [0.4, 0.5) is 0 Å². The fraction of sp³-hybridized carbons (Fsp3) is 0.478. The highest BCUT2D eigenvalue weighted by molar-refractivity contribution is 5.98. The molecular weight excluding hydrogens is 336 g/mol. The molecule has 1 atom stereocenters. The van der Waals surface area contributed by atoms with Gasteiger partial charge in [0.15, 0.2) is 0 Å². The van der Waals surface area contributed by atoms with Crippen LogP contribution >= 0.6 is 0 Å². The molecule has 2 saturated heterocycles. The molecule has 0 aliphatic carbocycles. The summed E-state index contributed by atoms with van der Waals surface area (Å²) in [6.07, 6.45) is 3.90. The summed E-state index contributed by atoms with van der Waals surface area (Å²) < 4.78 is 0. The van der Waals surface area contributed by atoms with Gasteiger partial charge in [-0.1, -0.05) is 37.3 Å². The first-order valence-electron chi connectivity index (χ1n) is 10.2.